The molecule has 0 spiro atoms. The smallest absolute Gasteiger partial charge is 0.259 e. The Bertz CT molecular complexity index is 1720. The van der Waals surface area contributed by atoms with Crippen molar-refractivity contribution in [1.29, 1.82) is 0 Å². The van der Waals surface area contributed by atoms with Crippen LogP contribution in [0, 0.1) is 0 Å². The van der Waals surface area contributed by atoms with Crippen LogP contribution in [0.1, 0.15) is 26.3 Å². The highest BCUT2D eigenvalue weighted by atomic mass is 16.5. The molecule has 3 N–H and O–H groups in total. The van der Waals surface area contributed by atoms with Gasteiger partial charge in [0.05, 0.1) is 36.7 Å². The van der Waals surface area contributed by atoms with E-state index in [1.807, 2.05) is 0 Å². The van der Waals surface area contributed by atoms with Crippen molar-refractivity contribution < 1.29 is 24.5 Å². The quantitative estimate of drug-likeness (QED) is 0.198. The number of ether oxygens (including phenoxy) is 1. The molecule has 12 nitrogen and oxygen atoms in total. The van der Waals surface area contributed by atoms with Gasteiger partial charge < -0.3 is 20.3 Å². The number of carbonyl (C=O) groups is 2. The summed E-state index contributed by atoms with van der Waals surface area (Å²) in [4.78, 5) is 33.2. The second-order valence-electron chi connectivity index (χ2n) is 8.19. The molecular weight excluding hydrogens is 502 g/mol. The van der Waals surface area contributed by atoms with Crippen LogP contribution < -0.4 is 10.1 Å². The number of aliphatic hydroxyl groups excluding tert-OH is 1. The van der Waals surface area contributed by atoms with Gasteiger partial charge in [0.15, 0.2) is 17.9 Å². The van der Waals surface area contributed by atoms with Crippen LogP contribution in [0.4, 0.5) is 17.2 Å². The van der Waals surface area contributed by atoms with Crippen molar-refractivity contribution in [3.05, 3.63) is 89.9 Å². The Morgan fingerprint density at radius 3 is 2.64 bits per heavy atom. The number of hydrogen-bond donors (Lipinski definition) is 3. The first-order valence-corrected chi connectivity index (χ1v) is 11.6. The molecule has 0 bridgehead atoms. The highest BCUT2D eigenvalue weighted by Gasteiger charge is 2.21. The van der Waals surface area contributed by atoms with Gasteiger partial charge in [-0.1, -0.05) is 30.3 Å². The Morgan fingerprint density at radius 1 is 1.10 bits per heavy atom. The lowest BCUT2D eigenvalue weighted by Gasteiger charge is -2.14. The summed E-state index contributed by atoms with van der Waals surface area (Å²) in [5.74, 6) is -0.490. The lowest BCUT2D eigenvalue weighted by atomic mass is 10.0. The topological polar surface area (TPSA) is 164 Å². The van der Waals surface area contributed by atoms with Crippen LogP contribution >= 0.6 is 0 Å². The zero-order chi connectivity index (χ0) is 27.4. The van der Waals surface area contributed by atoms with E-state index >= 15 is 0 Å². The van der Waals surface area contributed by atoms with Crippen LogP contribution in [0.5, 0.6) is 11.5 Å². The van der Waals surface area contributed by atoms with Crippen LogP contribution in [0.25, 0.3) is 16.7 Å². The molecule has 39 heavy (non-hydrogen) atoms. The Labute approximate surface area is 221 Å². The molecule has 2 aromatic heterocycles. The molecule has 0 aliphatic carbocycles. The fraction of sp³-hybridized carbons (Fsp3) is 0.0741. The van der Waals surface area contributed by atoms with E-state index in [9.17, 15) is 19.8 Å². The van der Waals surface area contributed by atoms with E-state index in [4.69, 9.17) is 4.74 Å². The van der Waals surface area contributed by atoms with Crippen molar-refractivity contribution in [2.45, 2.75) is 6.61 Å². The molecule has 5 aromatic rings. The lowest BCUT2D eigenvalue weighted by molar-refractivity contribution is 0.102. The number of rotatable bonds is 8. The third-order valence-electron chi connectivity index (χ3n) is 5.82. The number of benzene rings is 3. The van der Waals surface area contributed by atoms with Crippen LogP contribution in [0.15, 0.2) is 83.4 Å². The third-order valence-corrected chi connectivity index (χ3v) is 5.82. The average Bonchev–Trinajstić information content (AvgIpc) is 3.40. The predicted octanol–water partition coefficient (Wildman–Crippen LogP) is 4.50. The highest BCUT2D eigenvalue weighted by molar-refractivity contribution is 6.12. The minimum Gasteiger partial charge on any atom is -0.505 e. The summed E-state index contributed by atoms with van der Waals surface area (Å²) in [7, 11) is 1.44. The summed E-state index contributed by atoms with van der Waals surface area (Å²) in [6, 6.07) is 15.0. The average molecular weight is 524 g/mol. The number of phenols is 1. The summed E-state index contributed by atoms with van der Waals surface area (Å²) >= 11 is 0. The molecule has 0 atom stereocenters. The molecule has 0 unspecified atom stereocenters. The van der Waals surface area contributed by atoms with Crippen molar-refractivity contribution >= 4 is 40.2 Å². The molecule has 0 saturated carbocycles. The van der Waals surface area contributed by atoms with Crippen LogP contribution in [-0.2, 0) is 6.61 Å². The van der Waals surface area contributed by atoms with Crippen molar-refractivity contribution in [2.75, 3.05) is 12.4 Å². The lowest BCUT2D eigenvalue weighted by Crippen LogP contribution is -2.13. The second-order valence-corrected chi connectivity index (χ2v) is 8.19. The normalized spacial score (nSPS) is 11.1. The molecule has 0 aliphatic rings. The van der Waals surface area contributed by atoms with Crippen molar-refractivity contribution in [3.8, 4) is 17.4 Å². The number of azo groups is 1. The molecule has 0 fully saturated rings. The van der Waals surface area contributed by atoms with Gasteiger partial charge in [-0.15, -0.1) is 10.2 Å². The van der Waals surface area contributed by atoms with Gasteiger partial charge in [-0.05, 0) is 35.2 Å². The number of aliphatic hydroxyl groups is 1. The van der Waals surface area contributed by atoms with Gasteiger partial charge in [-0.25, -0.2) is 9.97 Å². The number of aldehydes is 1. The summed E-state index contributed by atoms with van der Waals surface area (Å²) in [6.45, 7) is -0.189. The fourth-order valence-electron chi connectivity index (χ4n) is 3.90. The number of aromatic hydroxyl groups is 1. The number of hydrogen-bond acceptors (Lipinski definition) is 10. The Hall–Kier alpha value is -5.49. The number of aromatic nitrogens is 4. The van der Waals surface area contributed by atoms with Crippen LogP contribution in [-0.4, -0.2) is 49.3 Å². The van der Waals surface area contributed by atoms with E-state index in [2.05, 4.69) is 30.6 Å². The zero-order valence-corrected chi connectivity index (χ0v) is 20.5. The van der Waals surface area contributed by atoms with Crippen molar-refractivity contribution in [3.63, 3.8) is 0 Å². The van der Waals surface area contributed by atoms with Crippen LogP contribution in [0.3, 0.4) is 0 Å². The van der Waals surface area contributed by atoms with E-state index in [1.54, 1.807) is 48.5 Å². The number of methoxy groups -OCH3 is 1. The van der Waals surface area contributed by atoms with Gasteiger partial charge in [-0.3, -0.25) is 9.59 Å². The first-order chi connectivity index (χ1) is 19.0. The minimum absolute atomic E-state index is 0.0134. The zero-order valence-electron chi connectivity index (χ0n) is 20.5. The van der Waals surface area contributed by atoms with Gasteiger partial charge >= 0.3 is 0 Å². The second kappa shape index (κ2) is 10.9. The molecule has 2 heterocycles. The molecule has 194 valence electrons. The first kappa shape index (κ1) is 25.2. The highest BCUT2D eigenvalue weighted by Crippen LogP contribution is 2.40. The Kier molecular flexibility index (Phi) is 7.01. The summed E-state index contributed by atoms with van der Waals surface area (Å²) < 4.78 is 6.57. The molecule has 0 saturated heterocycles. The number of amides is 1. The number of fused-ring (bicyclic) bond motifs is 1. The number of nitrogens with one attached hydrogen (secondary N) is 1. The molecular formula is C27H21N7O5. The molecule has 0 aliphatic heterocycles. The SMILES string of the molecule is COc1cc(CO)ccc1NC(=O)c1cc2ccccc2c(N=Nc2c(C=O)cnn2-c2ncccn2)c1O. The maximum Gasteiger partial charge on any atom is 0.259 e. The monoisotopic (exact) mass is 523 g/mol. The van der Waals surface area contributed by atoms with E-state index in [-0.39, 0.29) is 35.2 Å². The predicted molar refractivity (Wildman–Crippen MR) is 141 cm³/mol. The maximum atomic E-state index is 13.3. The van der Waals surface area contributed by atoms with Crippen molar-refractivity contribution in [1.82, 2.24) is 19.7 Å². The van der Waals surface area contributed by atoms with Gasteiger partial charge in [0.2, 0.25) is 0 Å². The third kappa shape index (κ3) is 4.91. The van der Waals surface area contributed by atoms with E-state index in [0.717, 1.165) is 0 Å². The molecule has 1 amide bonds. The van der Waals surface area contributed by atoms with E-state index in [1.165, 1.54) is 36.4 Å². The summed E-state index contributed by atoms with van der Waals surface area (Å²) in [5.41, 5.74) is 1.03. The first-order valence-electron chi connectivity index (χ1n) is 11.6. The minimum atomic E-state index is -0.624. The maximum absolute atomic E-state index is 13.3. The molecule has 5 rings (SSSR count). The van der Waals surface area contributed by atoms with E-state index < -0.39 is 11.7 Å². The standard InChI is InChI=1S/C27H21N7O5/c1-39-22-11-16(14-35)7-8-21(22)31-26(38)20-12-17-5-2-3-6-19(17)23(24(20)37)32-33-25-18(15-36)13-30-34(25)27-28-9-4-10-29-27/h2-13,15,35,37H,14H2,1H3,(H,31,38). The summed E-state index contributed by atoms with van der Waals surface area (Å²) in [5, 5.41) is 37.0. The number of carbonyl (C=O) groups excluding carboxylic acids is 2. The molecule has 0 radical (unpaired) electrons. The Morgan fingerprint density at radius 2 is 1.90 bits per heavy atom. The summed E-state index contributed by atoms with van der Waals surface area (Å²) in [6.07, 6.45) is 4.89. The number of phenolic OH excluding ortho intramolecular Hbond substituents is 1. The Balaban J connectivity index is 1.58. The van der Waals surface area contributed by atoms with Crippen LogP contribution in [0.2, 0.25) is 0 Å². The van der Waals surface area contributed by atoms with Crippen molar-refractivity contribution in [2.24, 2.45) is 10.2 Å². The van der Waals surface area contributed by atoms with Gasteiger partial charge in [0.25, 0.3) is 11.9 Å². The molecule has 3 aromatic carbocycles. The largest absolute Gasteiger partial charge is 0.505 e. The molecule has 12 heteroatoms. The van der Waals surface area contributed by atoms with E-state index in [0.29, 0.717) is 34.1 Å². The van der Waals surface area contributed by atoms with Gasteiger partial charge in [0, 0.05) is 17.8 Å². The number of anilines is 1. The number of nitrogens with zero attached hydrogens (tertiary/aromatic N) is 6. The van der Waals surface area contributed by atoms with Gasteiger partial charge in [-0.2, -0.15) is 9.78 Å². The fourth-order valence-corrected chi connectivity index (χ4v) is 3.90. The van der Waals surface area contributed by atoms with Gasteiger partial charge in [0.1, 0.15) is 11.4 Å².